The summed E-state index contributed by atoms with van der Waals surface area (Å²) in [6, 6.07) is 11.3. The van der Waals surface area contributed by atoms with Gasteiger partial charge in [0.1, 0.15) is 5.82 Å². The largest absolute Gasteiger partial charge is 0.381 e. The molecule has 19 heavy (non-hydrogen) atoms. The van der Waals surface area contributed by atoms with Crippen LogP contribution in [0.15, 0.2) is 41.2 Å². The summed E-state index contributed by atoms with van der Waals surface area (Å²) >= 11 is 0. The van der Waals surface area contributed by atoms with Crippen LogP contribution in [0.3, 0.4) is 0 Å². The molecule has 2 heterocycles. The maximum Gasteiger partial charge on any atom is 0.251 e. The van der Waals surface area contributed by atoms with Gasteiger partial charge in [0.05, 0.1) is 5.69 Å². The molecule has 0 saturated carbocycles. The van der Waals surface area contributed by atoms with Gasteiger partial charge in [-0.05, 0) is 12.3 Å². The maximum atomic E-state index is 11.7. The lowest BCUT2D eigenvalue weighted by molar-refractivity contribution is 0.185. The fourth-order valence-electron chi connectivity index (χ4n) is 2.38. The second-order valence-electron chi connectivity index (χ2n) is 4.88. The van der Waals surface area contributed by atoms with Crippen molar-refractivity contribution in [1.82, 2.24) is 9.97 Å². The molecule has 98 valence electrons. The minimum absolute atomic E-state index is 0.0947. The minimum Gasteiger partial charge on any atom is -0.381 e. The Hall–Kier alpha value is -1.94. The van der Waals surface area contributed by atoms with Gasteiger partial charge in [0.25, 0.3) is 5.56 Å². The van der Waals surface area contributed by atoms with Gasteiger partial charge in [0.2, 0.25) is 0 Å². The Morgan fingerprint density at radius 2 is 2.16 bits per heavy atom. The third kappa shape index (κ3) is 2.90. The Morgan fingerprint density at radius 1 is 1.32 bits per heavy atom. The number of aromatic nitrogens is 2. The van der Waals surface area contributed by atoms with Gasteiger partial charge in [0, 0.05) is 31.3 Å². The fourth-order valence-corrected chi connectivity index (χ4v) is 2.38. The molecule has 3 rings (SSSR count). The van der Waals surface area contributed by atoms with Crippen LogP contribution in [-0.2, 0) is 11.2 Å². The second-order valence-corrected chi connectivity index (χ2v) is 4.88. The Morgan fingerprint density at radius 3 is 2.89 bits per heavy atom. The molecule has 0 amide bonds. The van der Waals surface area contributed by atoms with E-state index in [0.717, 1.165) is 43.1 Å². The van der Waals surface area contributed by atoms with Crippen molar-refractivity contribution in [1.29, 1.82) is 0 Å². The van der Waals surface area contributed by atoms with E-state index in [-0.39, 0.29) is 5.56 Å². The molecule has 0 aliphatic carbocycles. The van der Waals surface area contributed by atoms with E-state index in [1.54, 1.807) is 6.07 Å². The summed E-state index contributed by atoms with van der Waals surface area (Å²) in [6.45, 7) is 1.58. The SMILES string of the molecule is O=c1cc(-c2ccccc2)nc(CC2CCOC2)[nH]1. The molecular weight excluding hydrogens is 240 g/mol. The summed E-state index contributed by atoms with van der Waals surface area (Å²) in [4.78, 5) is 19.1. The molecule has 1 saturated heterocycles. The molecule has 2 aromatic rings. The Labute approximate surface area is 111 Å². The van der Waals surface area contributed by atoms with Gasteiger partial charge in [-0.2, -0.15) is 0 Å². The summed E-state index contributed by atoms with van der Waals surface area (Å²) in [5, 5.41) is 0. The van der Waals surface area contributed by atoms with Gasteiger partial charge < -0.3 is 9.72 Å². The lowest BCUT2D eigenvalue weighted by Gasteiger charge is -2.08. The monoisotopic (exact) mass is 256 g/mol. The van der Waals surface area contributed by atoms with Gasteiger partial charge in [0.15, 0.2) is 0 Å². The predicted molar refractivity (Wildman–Crippen MR) is 72.9 cm³/mol. The lowest BCUT2D eigenvalue weighted by atomic mass is 10.0. The van der Waals surface area contributed by atoms with Crippen LogP contribution >= 0.6 is 0 Å². The summed E-state index contributed by atoms with van der Waals surface area (Å²) in [5.74, 6) is 1.22. The van der Waals surface area contributed by atoms with Crippen LogP contribution < -0.4 is 5.56 Å². The van der Waals surface area contributed by atoms with E-state index in [1.807, 2.05) is 30.3 Å². The summed E-state index contributed by atoms with van der Waals surface area (Å²) < 4.78 is 5.35. The van der Waals surface area contributed by atoms with Gasteiger partial charge in [-0.1, -0.05) is 30.3 Å². The predicted octanol–water partition coefficient (Wildman–Crippen LogP) is 2.02. The zero-order valence-electron chi connectivity index (χ0n) is 10.6. The molecule has 1 fully saturated rings. The molecule has 0 spiro atoms. The van der Waals surface area contributed by atoms with Crippen molar-refractivity contribution in [2.45, 2.75) is 12.8 Å². The van der Waals surface area contributed by atoms with Crippen LogP contribution in [-0.4, -0.2) is 23.2 Å². The summed E-state index contributed by atoms with van der Waals surface area (Å²) in [7, 11) is 0. The van der Waals surface area contributed by atoms with Gasteiger partial charge in [-0.3, -0.25) is 4.79 Å². The standard InChI is InChI=1S/C15H16N2O2/c18-15-9-13(12-4-2-1-3-5-12)16-14(17-15)8-11-6-7-19-10-11/h1-5,9,11H,6-8,10H2,(H,16,17,18). The molecule has 1 aliphatic heterocycles. The topological polar surface area (TPSA) is 55.0 Å². The van der Waals surface area contributed by atoms with Crippen LogP contribution in [0.25, 0.3) is 11.3 Å². The first kappa shape index (κ1) is 12.1. The number of rotatable bonds is 3. The van der Waals surface area contributed by atoms with E-state index in [9.17, 15) is 4.79 Å². The molecule has 1 unspecified atom stereocenters. The first-order valence-corrected chi connectivity index (χ1v) is 6.55. The Kier molecular flexibility index (Phi) is 3.42. The first-order chi connectivity index (χ1) is 9.31. The smallest absolute Gasteiger partial charge is 0.251 e. The van der Waals surface area contributed by atoms with Crippen molar-refractivity contribution < 1.29 is 4.74 Å². The normalized spacial score (nSPS) is 18.6. The lowest BCUT2D eigenvalue weighted by Crippen LogP contribution is -2.15. The average Bonchev–Trinajstić information content (AvgIpc) is 2.92. The molecule has 0 bridgehead atoms. The molecule has 1 aliphatic rings. The number of benzene rings is 1. The van der Waals surface area contributed by atoms with Crippen LogP contribution in [0.1, 0.15) is 12.2 Å². The van der Waals surface area contributed by atoms with Gasteiger partial charge in [-0.15, -0.1) is 0 Å². The Bertz CT molecular complexity index is 601. The summed E-state index contributed by atoms with van der Waals surface area (Å²) in [5.41, 5.74) is 1.61. The Balaban J connectivity index is 1.89. The molecule has 1 aromatic carbocycles. The third-order valence-corrected chi connectivity index (χ3v) is 3.37. The number of hydrogen-bond acceptors (Lipinski definition) is 3. The molecule has 1 N–H and O–H groups in total. The molecule has 4 heteroatoms. The van der Waals surface area contributed by atoms with Crippen molar-refractivity contribution >= 4 is 0 Å². The quantitative estimate of drug-likeness (QED) is 0.914. The second kappa shape index (κ2) is 5.36. The highest BCUT2D eigenvalue weighted by Crippen LogP contribution is 2.18. The zero-order valence-corrected chi connectivity index (χ0v) is 10.6. The first-order valence-electron chi connectivity index (χ1n) is 6.55. The van der Waals surface area contributed by atoms with E-state index in [2.05, 4.69) is 9.97 Å². The molecule has 0 radical (unpaired) electrons. The van der Waals surface area contributed by atoms with Gasteiger partial charge in [-0.25, -0.2) is 4.98 Å². The maximum absolute atomic E-state index is 11.7. The number of nitrogens with one attached hydrogen (secondary N) is 1. The van der Waals surface area contributed by atoms with Crippen LogP contribution in [0.4, 0.5) is 0 Å². The van der Waals surface area contributed by atoms with E-state index in [4.69, 9.17) is 4.74 Å². The van der Waals surface area contributed by atoms with Crippen LogP contribution in [0.2, 0.25) is 0 Å². The van der Waals surface area contributed by atoms with Crippen molar-refractivity contribution in [2.75, 3.05) is 13.2 Å². The van der Waals surface area contributed by atoms with Crippen LogP contribution in [0, 0.1) is 5.92 Å². The number of hydrogen-bond donors (Lipinski definition) is 1. The van der Waals surface area contributed by atoms with E-state index in [0.29, 0.717) is 5.92 Å². The van der Waals surface area contributed by atoms with Crippen LogP contribution in [0.5, 0.6) is 0 Å². The van der Waals surface area contributed by atoms with Crippen molar-refractivity contribution in [3.05, 3.63) is 52.6 Å². The fraction of sp³-hybridized carbons (Fsp3) is 0.333. The number of ether oxygens (including phenoxy) is 1. The number of H-pyrrole nitrogens is 1. The van der Waals surface area contributed by atoms with Gasteiger partial charge >= 0.3 is 0 Å². The van der Waals surface area contributed by atoms with E-state index < -0.39 is 0 Å². The van der Waals surface area contributed by atoms with E-state index >= 15 is 0 Å². The third-order valence-electron chi connectivity index (χ3n) is 3.37. The average molecular weight is 256 g/mol. The number of nitrogens with zero attached hydrogens (tertiary/aromatic N) is 1. The highest BCUT2D eigenvalue weighted by Gasteiger charge is 2.17. The highest BCUT2D eigenvalue weighted by atomic mass is 16.5. The number of aromatic amines is 1. The summed E-state index contributed by atoms with van der Waals surface area (Å²) in [6.07, 6.45) is 1.81. The molecule has 1 atom stereocenters. The van der Waals surface area contributed by atoms with Crippen molar-refractivity contribution in [3.63, 3.8) is 0 Å². The van der Waals surface area contributed by atoms with Crippen molar-refractivity contribution in [2.24, 2.45) is 5.92 Å². The van der Waals surface area contributed by atoms with E-state index in [1.165, 1.54) is 0 Å². The molecule has 1 aromatic heterocycles. The zero-order chi connectivity index (χ0) is 13.1. The minimum atomic E-state index is -0.0947. The van der Waals surface area contributed by atoms with Crippen molar-refractivity contribution in [3.8, 4) is 11.3 Å². The molecular formula is C15H16N2O2. The molecule has 4 nitrogen and oxygen atoms in total. The highest BCUT2D eigenvalue weighted by molar-refractivity contribution is 5.58.